The third-order valence-corrected chi connectivity index (χ3v) is 4.46. The lowest BCUT2D eigenvalue weighted by atomic mass is 9.93. The van der Waals surface area contributed by atoms with E-state index in [0.29, 0.717) is 19.4 Å². The molecule has 0 radical (unpaired) electrons. The molecule has 0 N–H and O–H groups in total. The van der Waals surface area contributed by atoms with E-state index >= 15 is 0 Å². The molecular weight excluding hydrogens is 326 g/mol. The Balaban J connectivity index is 1.84. The average Bonchev–Trinajstić information content (AvgIpc) is 2.61. The Morgan fingerprint density at radius 2 is 1.62 bits per heavy atom. The highest BCUT2D eigenvalue weighted by Gasteiger charge is 2.34. The largest absolute Gasteiger partial charge is 0.444 e. The van der Waals surface area contributed by atoms with Crippen LogP contribution < -0.4 is 0 Å². The highest BCUT2D eigenvalue weighted by Crippen LogP contribution is 2.32. The van der Waals surface area contributed by atoms with Crippen molar-refractivity contribution in [2.75, 3.05) is 6.54 Å². The summed E-state index contributed by atoms with van der Waals surface area (Å²) in [5.74, 6) is 0.182. The second-order valence-electron chi connectivity index (χ2n) is 7.67. The number of benzene rings is 2. The van der Waals surface area contributed by atoms with Crippen molar-refractivity contribution in [1.29, 1.82) is 0 Å². The molecule has 2 aromatic rings. The molecule has 0 spiro atoms. The van der Waals surface area contributed by atoms with Gasteiger partial charge in [0.05, 0.1) is 6.04 Å². The number of ether oxygens (including phenoxy) is 1. The third-order valence-electron chi connectivity index (χ3n) is 4.46. The lowest BCUT2D eigenvalue weighted by Crippen LogP contribution is -2.43. The van der Waals surface area contributed by atoms with Crippen LogP contribution in [0, 0.1) is 0 Å². The summed E-state index contributed by atoms with van der Waals surface area (Å²) in [6.07, 6.45) is 0.365. The summed E-state index contributed by atoms with van der Waals surface area (Å²) in [4.78, 5) is 26.3. The number of nitrogens with zero attached hydrogens (tertiary/aromatic N) is 1. The Kier molecular flexibility index (Phi) is 5.12. The van der Waals surface area contributed by atoms with Gasteiger partial charge in [-0.1, -0.05) is 54.6 Å². The summed E-state index contributed by atoms with van der Waals surface area (Å²) in [5.41, 5.74) is 2.66. The van der Waals surface area contributed by atoms with Gasteiger partial charge in [-0.15, -0.1) is 0 Å². The van der Waals surface area contributed by atoms with E-state index in [9.17, 15) is 9.59 Å². The molecule has 1 amide bonds. The molecule has 26 heavy (non-hydrogen) atoms. The van der Waals surface area contributed by atoms with Crippen LogP contribution in [-0.2, 0) is 9.53 Å². The van der Waals surface area contributed by atoms with E-state index in [2.05, 4.69) is 12.1 Å². The van der Waals surface area contributed by atoms with Crippen molar-refractivity contribution in [3.05, 3.63) is 60.2 Å². The lowest BCUT2D eigenvalue weighted by molar-refractivity contribution is -0.123. The number of hydrogen-bond acceptors (Lipinski definition) is 3. The van der Waals surface area contributed by atoms with E-state index in [1.54, 1.807) is 4.90 Å². The Labute approximate surface area is 154 Å². The summed E-state index contributed by atoms with van der Waals surface area (Å²) in [5, 5.41) is 0. The first-order valence-corrected chi connectivity index (χ1v) is 9.00. The quantitative estimate of drug-likeness (QED) is 0.765. The minimum atomic E-state index is -0.555. The SMILES string of the molecule is CC(C)(C)OC(=O)N1CCC(=O)C[C@H]1c1ccc(-c2ccccc2)cc1. The molecule has 136 valence electrons. The zero-order chi connectivity index (χ0) is 18.7. The summed E-state index contributed by atoms with van der Waals surface area (Å²) in [7, 11) is 0. The first-order chi connectivity index (χ1) is 12.3. The first-order valence-electron chi connectivity index (χ1n) is 9.00. The summed E-state index contributed by atoms with van der Waals surface area (Å²) in [6.45, 7) is 5.95. The Hall–Kier alpha value is -2.62. The Morgan fingerprint density at radius 1 is 1.00 bits per heavy atom. The molecule has 1 saturated heterocycles. The number of carbonyl (C=O) groups excluding carboxylic acids is 2. The number of likely N-dealkylation sites (tertiary alicyclic amines) is 1. The van der Waals surface area contributed by atoms with Crippen molar-refractivity contribution in [3.63, 3.8) is 0 Å². The van der Waals surface area contributed by atoms with Crippen LogP contribution in [0.4, 0.5) is 4.79 Å². The summed E-state index contributed by atoms with van der Waals surface area (Å²) in [6, 6.07) is 17.9. The van der Waals surface area contributed by atoms with E-state index in [1.807, 2.05) is 63.2 Å². The molecule has 3 rings (SSSR count). The molecule has 0 aliphatic carbocycles. The normalized spacial score (nSPS) is 17.9. The number of ketones is 1. The fraction of sp³-hybridized carbons (Fsp3) is 0.364. The van der Waals surface area contributed by atoms with Gasteiger partial charge in [-0.05, 0) is 37.5 Å². The van der Waals surface area contributed by atoms with Crippen LogP contribution in [0.1, 0.15) is 45.2 Å². The molecule has 2 aromatic carbocycles. The highest BCUT2D eigenvalue weighted by atomic mass is 16.6. The highest BCUT2D eigenvalue weighted by molar-refractivity contribution is 5.82. The molecule has 1 heterocycles. The standard InChI is InChI=1S/C22H25NO3/c1-22(2,3)26-21(25)23-14-13-19(24)15-20(23)18-11-9-17(10-12-18)16-7-5-4-6-8-16/h4-12,20H,13-15H2,1-3H3/t20-/m0/s1. The van der Waals surface area contributed by atoms with Gasteiger partial charge in [0.2, 0.25) is 0 Å². The van der Waals surface area contributed by atoms with Crippen molar-refractivity contribution in [2.24, 2.45) is 0 Å². The van der Waals surface area contributed by atoms with Gasteiger partial charge in [0, 0.05) is 19.4 Å². The maximum absolute atomic E-state index is 12.6. The van der Waals surface area contributed by atoms with Crippen LogP contribution in [0.3, 0.4) is 0 Å². The van der Waals surface area contributed by atoms with E-state index in [-0.39, 0.29) is 17.9 Å². The molecule has 0 bridgehead atoms. The fourth-order valence-corrected chi connectivity index (χ4v) is 3.19. The molecule has 1 aliphatic rings. The number of amides is 1. The van der Waals surface area contributed by atoms with Gasteiger partial charge >= 0.3 is 6.09 Å². The van der Waals surface area contributed by atoms with Crippen LogP contribution in [0.5, 0.6) is 0 Å². The minimum Gasteiger partial charge on any atom is -0.444 e. The maximum Gasteiger partial charge on any atom is 0.410 e. The summed E-state index contributed by atoms with van der Waals surface area (Å²) < 4.78 is 5.53. The monoisotopic (exact) mass is 351 g/mol. The zero-order valence-corrected chi connectivity index (χ0v) is 15.6. The van der Waals surface area contributed by atoms with Crippen LogP contribution in [0.2, 0.25) is 0 Å². The number of piperidine rings is 1. The smallest absolute Gasteiger partial charge is 0.410 e. The van der Waals surface area contributed by atoms with Gasteiger partial charge in [0.25, 0.3) is 0 Å². The van der Waals surface area contributed by atoms with Crippen molar-refractivity contribution in [2.45, 2.75) is 45.3 Å². The molecule has 0 saturated carbocycles. The van der Waals surface area contributed by atoms with Gasteiger partial charge in [-0.2, -0.15) is 0 Å². The molecule has 0 aromatic heterocycles. The van der Waals surface area contributed by atoms with Crippen molar-refractivity contribution >= 4 is 11.9 Å². The van der Waals surface area contributed by atoms with Crippen LogP contribution in [-0.4, -0.2) is 28.9 Å². The number of Topliss-reactive ketones (excluding diaryl/α,β-unsaturated/α-hetero) is 1. The average molecular weight is 351 g/mol. The Bertz CT molecular complexity index is 775. The molecule has 4 heteroatoms. The molecular formula is C22H25NO3. The van der Waals surface area contributed by atoms with Gasteiger partial charge in [0.1, 0.15) is 11.4 Å². The maximum atomic E-state index is 12.6. The number of rotatable bonds is 2. The molecule has 1 fully saturated rings. The molecule has 1 atom stereocenters. The zero-order valence-electron chi connectivity index (χ0n) is 15.6. The van der Waals surface area contributed by atoms with Crippen LogP contribution in [0.25, 0.3) is 11.1 Å². The van der Waals surface area contributed by atoms with E-state index in [4.69, 9.17) is 4.74 Å². The van der Waals surface area contributed by atoms with E-state index in [1.165, 1.54) is 0 Å². The minimum absolute atomic E-state index is 0.182. The predicted octanol–water partition coefficient (Wildman–Crippen LogP) is 4.99. The van der Waals surface area contributed by atoms with Gasteiger partial charge in [-0.25, -0.2) is 4.79 Å². The predicted molar refractivity (Wildman–Crippen MR) is 102 cm³/mol. The van der Waals surface area contributed by atoms with Crippen LogP contribution >= 0.6 is 0 Å². The van der Waals surface area contributed by atoms with Gasteiger partial charge < -0.3 is 9.64 Å². The van der Waals surface area contributed by atoms with Crippen molar-refractivity contribution < 1.29 is 14.3 Å². The van der Waals surface area contributed by atoms with E-state index in [0.717, 1.165) is 16.7 Å². The summed E-state index contributed by atoms with van der Waals surface area (Å²) >= 11 is 0. The first kappa shape index (κ1) is 18.2. The van der Waals surface area contributed by atoms with Crippen molar-refractivity contribution in [3.8, 4) is 11.1 Å². The van der Waals surface area contributed by atoms with E-state index < -0.39 is 5.60 Å². The second-order valence-corrected chi connectivity index (χ2v) is 7.67. The molecule has 0 unspecified atom stereocenters. The fourth-order valence-electron chi connectivity index (χ4n) is 3.19. The van der Waals surface area contributed by atoms with Gasteiger partial charge in [-0.3, -0.25) is 4.79 Å². The number of carbonyl (C=O) groups is 2. The third kappa shape index (κ3) is 4.31. The second kappa shape index (κ2) is 7.32. The topological polar surface area (TPSA) is 46.6 Å². The Morgan fingerprint density at radius 3 is 2.23 bits per heavy atom. The number of hydrogen-bond donors (Lipinski definition) is 0. The lowest BCUT2D eigenvalue weighted by Gasteiger charge is -2.36. The van der Waals surface area contributed by atoms with Crippen LogP contribution in [0.15, 0.2) is 54.6 Å². The molecule has 4 nitrogen and oxygen atoms in total. The van der Waals surface area contributed by atoms with Gasteiger partial charge in [0.15, 0.2) is 0 Å². The molecule has 1 aliphatic heterocycles. The van der Waals surface area contributed by atoms with Crippen molar-refractivity contribution in [1.82, 2.24) is 4.90 Å².